The highest BCUT2D eigenvalue weighted by atomic mass is 32.1. The second kappa shape index (κ2) is 7.23. The molecule has 0 saturated heterocycles. The molecule has 0 aliphatic heterocycles. The predicted octanol–water partition coefficient (Wildman–Crippen LogP) is 4.18. The molecule has 2 aromatic heterocycles. The van der Waals surface area contributed by atoms with E-state index in [9.17, 15) is 4.79 Å². The fourth-order valence-corrected chi connectivity index (χ4v) is 3.28. The van der Waals surface area contributed by atoms with Gasteiger partial charge in [0.05, 0.1) is 18.4 Å². The van der Waals surface area contributed by atoms with Gasteiger partial charge < -0.3 is 10.2 Å². The number of carbonyl (C=O) groups is 1. The quantitative estimate of drug-likeness (QED) is 0.776. The van der Waals surface area contributed by atoms with E-state index in [1.54, 1.807) is 41.9 Å². The number of rotatable bonds is 4. The number of thiophene rings is 1. The van der Waals surface area contributed by atoms with Gasteiger partial charge in [0.25, 0.3) is 0 Å². The molecule has 2 amide bonds. The Morgan fingerprint density at radius 3 is 2.88 bits per heavy atom. The van der Waals surface area contributed by atoms with E-state index in [1.165, 1.54) is 10.4 Å². The van der Waals surface area contributed by atoms with Crippen molar-refractivity contribution in [1.29, 1.82) is 0 Å². The first-order valence-electron chi connectivity index (χ1n) is 7.55. The van der Waals surface area contributed by atoms with Crippen LogP contribution in [0.25, 0.3) is 10.4 Å². The van der Waals surface area contributed by atoms with Gasteiger partial charge in [-0.1, -0.05) is 12.1 Å². The standard InChI is InChI=1S/C18H18N4OS/c1-13-6-9-24-17(13)14-4-3-5-15(10-14)21-18(23)22(2)12-16-11-19-7-8-20-16/h3-11H,12H2,1-2H3,(H,21,23). The number of aryl methyl sites for hydroxylation is 1. The summed E-state index contributed by atoms with van der Waals surface area (Å²) >= 11 is 1.70. The number of amides is 2. The van der Waals surface area contributed by atoms with Crippen LogP contribution < -0.4 is 5.32 Å². The van der Waals surface area contributed by atoms with E-state index in [-0.39, 0.29) is 6.03 Å². The summed E-state index contributed by atoms with van der Waals surface area (Å²) in [6, 6.07) is 9.80. The van der Waals surface area contributed by atoms with Crippen LogP contribution in [0, 0.1) is 6.92 Å². The Balaban J connectivity index is 1.69. The van der Waals surface area contributed by atoms with Gasteiger partial charge in [0.1, 0.15) is 0 Å². The monoisotopic (exact) mass is 338 g/mol. The van der Waals surface area contributed by atoms with E-state index < -0.39 is 0 Å². The van der Waals surface area contributed by atoms with Gasteiger partial charge in [-0.15, -0.1) is 11.3 Å². The van der Waals surface area contributed by atoms with Gasteiger partial charge >= 0.3 is 6.03 Å². The van der Waals surface area contributed by atoms with Crippen LogP contribution in [0.4, 0.5) is 10.5 Å². The van der Waals surface area contributed by atoms with Crippen molar-refractivity contribution in [2.75, 3.05) is 12.4 Å². The topological polar surface area (TPSA) is 58.1 Å². The van der Waals surface area contributed by atoms with Gasteiger partial charge in [0.15, 0.2) is 0 Å². The lowest BCUT2D eigenvalue weighted by atomic mass is 10.1. The Morgan fingerprint density at radius 1 is 1.29 bits per heavy atom. The third-order valence-electron chi connectivity index (χ3n) is 3.60. The van der Waals surface area contributed by atoms with Crippen molar-refractivity contribution in [3.8, 4) is 10.4 Å². The molecule has 0 atom stereocenters. The zero-order valence-electron chi connectivity index (χ0n) is 13.6. The smallest absolute Gasteiger partial charge is 0.321 e. The molecule has 0 radical (unpaired) electrons. The number of anilines is 1. The first-order chi connectivity index (χ1) is 11.6. The van der Waals surface area contributed by atoms with Crippen LogP contribution in [0.5, 0.6) is 0 Å². The Labute approximate surface area is 145 Å². The number of nitrogens with zero attached hydrogens (tertiary/aromatic N) is 3. The van der Waals surface area contributed by atoms with E-state index >= 15 is 0 Å². The second-order valence-electron chi connectivity index (χ2n) is 5.50. The van der Waals surface area contributed by atoms with Crippen molar-refractivity contribution in [3.63, 3.8) is 0 Å². The van der Waals surface area contributed by atoms with Gasteiger partial charge in [-0.25, -0.2) is 4.79 Å². The average molecular weight is 338 g/mol. The van der Waals surface area contributed by atoms with Gasteiger partial charge in [0.2, 0.25) is 0 Å². The highest BCUT2D eigenvalue weighted by Gasteiger charge is 2.11. The molecule has 0 bridgehead atoms. The van der Waals surface area contributed by atoms with E-state index in [1.807, 2.05) is 18.2 Å². The number of hydrogen-bond acceptors (Lipinski definition) is 4. The van der Waals surface area contributed by atoms with E-state index in [2.05, 4.69) is 39.7 Å². The molecule has 1 aromatic carbocycles. The summed E-state index contributed by atoms with van der Waals surface area (Å²) in [5.41, 5.74) is 3.87. The van der Waals surface area contributed by atoms with Crippen LogP contribution >= 0.6 is 11.3 Å². The summed E-state index contributed by atoms with van der Waals surface area (Å²) in [7, 11) is 1.73. The molecule has 0 spiro atoms. The maximum absolute atomic E-state index is 12.4. The van der Waals surface area contributed by atoms with Gasteiger partial charge in [0, 0.05) is 30.0 Å². The normalized spacial score (nSPS) is 10.4. The van der Waals surface area contributed by atoms with Crippen LogP contribution in [0.2, 0.25) is 0 Å². The molecule has 2 heterocycles. The highest BCUT2D eigenvalue weighted by Crippen LogP contribution is 2.30. The van der Waals surface area contributed by atoms with E-state index in [4.69, 9.17) is 0 Å². The molecule has 1 N–H and O–H groups in total. The summed E-state index contributed by atoms with van der Waals surface area (Å²) in [5.74, 6) is 0. The third kappa shape index (κ3) is 3.78. The van der Waals surface area contributed by atoms with Crippen molar-refractivity contribution >= 4 is 23.1 Å². The fraction of sp³-hybridized carbons (Fsp3) is 0.167. The second-order valence-corrected chi connectivity index (χ2v) is 6.41. The molecule has 0 fully saturated rings. The minimum atomic E-state index is -0.180. The number of benzene rings is 1. The van der Waals surface area contributed by atoms with Gasteiger partial charge in [-0.2, -0.15) is 0 Å². The molecule has 0 aliphatic carbocycles. The molecule has 0 unspecified atom stereocenters. The summed E-state index contributed by atoms with van der Waals surface area (Å²) in [4.78, 5) is 23.3. The van der Waals surface area contributed by atoms with Crippen LogP contribution in [-0.2, 0) is 6.54 Å². The molecule has 122 valence electrons. The zero-order valence-corrected chi connectivity index (χ0v) is 14.4. The SMILES string of the molecule is Cc1ccsc1-c1cccc(NC(=O)N(C)Cc2cnccn2)c1. The van der Waals surface area contributed by atoms with Gasteiger partial charge in [-0.05, 0) is 41.6 Å². The summed E-state index contributed by atoms with van der Waals surface area (Å²) in [5, 5.41) is 5.00. The maximum Gasteiger partial charge on any atom is 0.321 e. The maximum atomic E-state index is 12.4. The molecule has 3 rings (SSSR count). The molecular weight excluding hydrogens is 320 g/mol. The molecule has 0 saturated carbocycles. The van der Waals surface area contributed by atoms with E-state index in [0.717, 1.165) is 16.9 Å². The average Bonchev–Trinajstić information content (AvgIpc) is 3.02. The van der Waals surface area contributed by atoms with Crippen LogP contribution in [0.3, 0.4) is 0 Å². The van der Waals surface area contributed by atoms with Crippen molar-refractivity contribution in [1.82, 2.24) is 14.9 Å². The van der Waals surface area contributed by atoms with Crippen molar-refractivity contribution in [2.45, 2.75) is 13.5 Å². The number of carbonyl (C=O) groups excluding carboxylic acids is 1. The number of hydrogen-bond donors (Lipinski definition) is 1. The van der Waals surface area contributed by atoms with Crippen molar-refractivity contribution in [2.24, 2.45) is 0 Å². The Bertz CT molecular complexity index is 832. The molecule has 5 nitrogen and oxygen atoms in total. The predicted molar refractivity (Wildman–Crippen MR) is 97.0 cm³/mol. The molecule has 6 heteroatoms. The Hall–Kier alpha value is -2.73. The van der Waals surface area contributed by atoms with Crippen LogP contribution in [-0.4, -0.2) is 27.9 Å². The molecule has 0 aliphatic rings. The molecule has 3 aromatic rings. The first kappa shape index (κ1) is 16.1. The highest BCUT2D eigenvalue weighted by molar-refractivity contribution is 7.13. The zero-order chi connectivity index (χ0) is 16.9. The Kier molecular flexibility index (Phi) is 4.86. The van der Waals surface area contributed by atoms with E-state index in [0.29, 0.717) is 6.54 Å². The number of urea groups is 1. The number of nitrogens with one attached hydrogen (secondary N) is 1. The van der Waals surface area contributed by atoms with Crippen molar-refractivity contribution < 1.29 is 4.79 Å². The minimum absolute atomic E-state index is 0.180. The Morgan fingerprint density at radius 2 is 2.17 bits per heavy atom. The van der Waals surface area contributed by atoms with Gasteiger partial charge in [-0.3, -0.25) is 9.97 Å². The lowest BCUT2D eigenvalue weighted by molar-refractivity contribution is 0.220. The van der Waals surface area contributed by atoms with Crippen LogP contribution in [0.1, 0.15) is 11.3 Å². The third-order valence-corrected chi connectivity index (χ3v) is 4.67. The summed E-state index contributed by atoms with van der Waals surface area (Å²) in [6.07, 6.45) is 4.89. The van der Waals surface area contributed by atoms with Crippen molar-refractivity contribution in [3.05, 3.63) is 65.6 Å². The fourth-order valence-electron chi connectivity index (χ4n) is 2.35. The lowest BCUT2D eigenvalue weighted by Gasteiger charge is -2.17. The minimum Gasteiger partial charge on any atom is -0.322 e. The largest absolute Gasteiger partial charge is 0.322 e. The number of aromatic nitrogens is 2. The summed E-state index contributed by atoms with van der Waals surface area (Å²) in [6.45, 7) is 2.50. The molecule has 24 heavy (non-hydrogen) atoms. The van der Waals surface area contributed by atoms with Crippen LogP contribution in [0.15, 0.2) is 54.3 Å². The summed E-state index contributed by atoms with van der Waals surface area (Å²) < 4.78 is 0. The first-order valence-corrected chi connectivity index (χ1v) is 8.43. The molecular formula is C18H18N4OS. The lowest BCUT2D eigenvalue weighted by Crippen LogP contribution is -2.31.